The van der Waals surface area contributed by atoms with Crippen LogP contribution in [0, 0.1) is 0 Å². The maximum atomic E-state index is 13.3. The van der Waals surface area contributed by atoms with Crippen LogP contribution in [0.2, 0.25) is 0 Å². The molecule has 0 bridgehead atoms. The third kappa shape index (κ3) is 5.17. The Morgan fingerprint density at radius 1 is 1.06 bits per heavy atom. The molecule has 1 amide bonds. The fourth-order valence-corrected chi connectivity index (χ4v) is 4.85. The molecule has 1 fully saturated rings. The summed E-state index contributed by atoms with van der Waals surface area (Å²) < 4.78 is 11.6. The standard InChI is InChI=1S/C27H26N2O5S/c1-4-29-25(30)24(35-27(29)28-19-9-7-8-18(14-19)26(31)32)16-22-21-15-20(33-5-2)12-10-17(21)11-13-23(22)34-6-3/h7-16H,4-6H2,1-3H3,(H,31,32)/b24-16-,28-27?. The summed E-state index contributed by atoms with van der Waals surface area (Å²) in [6.07, 6.45) is 1.84. The minimum atomic E-state index is -1.03. The molecule has 0 radical (unpaired) electrons. The van der Waals surface area contributed by atoms with Gasteiger partial charge in [-0.05, 0) is 85.8 Å². The second-order valence-corrected chi connectivity index (χ2v) is 8.65. The minimum Gasteiger partial charge on any atom is -0.494 e. The molecule has 0 aliphatic carbocycles. The number of nitrogens with zero attached hydrogens (tertiary/aromatic N) is 2. The highest BCUT2D eigenvalue weighted by Gasteiger charge is 2.32. The molecule has 3 aromatic carbocycles. The van der Waals surface area contributed by atoms with E-state index >= 15 is 0 Å². The number of carbonyl (C=O) groups excluding carboxylic acids is 1. The van der Waals surface area contributed by atoms with Crippen molar-refractivity contribution in [2.24, 2.45) is 4.99 Å². The molecule has 1 heterocycles. The summed E-state index contributed by atoms with van der Waals surface area (Å²) in [6, 6.07) is 16.1. The van der Waals surface area contributed by atoms with E-state index in [0.717, 1.165) is 22.1 Å². The van der Waals surface area contributed by atoms with Crippen molar-refractivity contribution in [1.82, 2.24) is 4.90 Å². The summed E-state index contributed by atoms with van der Waals surface area (Å²) in [5.74, 6) is 0.235. The number of carbonyl (C=O) groups is 2. The van der Waals surface area contributed by atoms with Gasteiger partial charge in [0.05, 0.1) is 29.4 Å². The van der Waals surface area contributed by atoms with Crippen molar-refractivity contribution in [3.05, 3.63) is 70.6 Å². The summed E-state index contributed by atoms with van der Waals surface area (Å²) >= 11 is 1.26. The number of ether oxygens (including phenoxy) is 2. The van der Waals surface area contributed by atoms with Gasteiger partial charge in [-0.15, -0.1) is 0 Å². The first-order chi connectivity index (χ1) is 16.9. The van der Waals surface area contributed by atoms with Crippen LogP contribution in [0.1, 0.15) is 36.7 Å². The van der Waals surface area contributed by atoms with Crippen LogP contribution in [-0.4, -0.2) is 46.8 Å². The van der Waals surface area contributed by atoms with E-state index < -0.39 is 5.97 Å². The van der Waals surface area contributed by atoms with Gasteiger partial charge in [0.1, 0.15) is 11.5 Å². The van der Waals surface area contributed by atoms with E-state index in [1.165, 1.54) is 23.9 Å². The molecule has 1 aliphatic heterocycles. The second kappa shape index (κ2) is 10.7. The predicted octanol–water partition coefficient (Wildman–Crippen LogP) is 5.96. The number of carboxylic acids is 1. The average molecular weight is 491 g/mol. The Labute approximate surface area is 208 Å². The van der Waals surface area contributed by atoms with Crippen molar-refractivity contribution < 1.29 is 24.2 Å². The smallest absolute Gasteiger partial charge is 0.335 e. The molecule has 3 aromatic rings. The van der Waals surface area contributed by atoms with Crippen molar-refractivity contribution in [3.63, 3.8) is 0 Å². The van der Waals surface area contributed by atoms with Gasteiger partial charge in [-0.2, -0.15) is 0 Å². The van der Waals surface area contributed by atoms with E-state index in [4.69, 9.17) is 9.47 Å². The number of hydrogen-bond acceptors (Lipinski definition) is 6. The second-order valence-electron chi connectivity index (χ2n) is 7.64. The highest BCUT2D eigenvalue weighted by molar-refractivity contribution is 8.18. The number of hydrogen-bond donors (Lipinski definition) is 1. The summed E-state index contributed by atoms with van der Waals surface area (Å²) in [4.78, 5) is 31.3. The lowest BCUT2D eigenvalue weighted by Gasteiger charge is -2.13. The van der Waals surface area contributed by atoms with E-state index in [0.29, 0.717) is 41.3 Å². The summed E-state index contributed by atoms with van der Waals surface area (Å²) in [5.41, 5.74) is 1.41. The quantitative estimate of drug-likeness (QED) is 0.392. The largest absolute Gasteiger partial charge is 0.494 e. The molecular weight excluding hydrogens is 464 g/mol. The van der Waals surface area contributed by atoms with Crippen LogP contribution >= 0.6 is 11.8 Å². The summed E-state index contributed by atoms with van der Waals surface area (Å²) in [7, 11) is 0. The van der Waals surface area contributed by atoms with Gasteiger partial charge in [0, 0.05) is 12.1 Å². The van der Waals surface area contributed by atoms with Gasteiger partial charge in [0.2, 0.25) is 0 Å². The molecule has 0 atom stereocenters. The maximum Gasteiger partial charge on any atom is 0.335 e. The van der Waals surface area contributed by atoms with E-state index in [1.54, 1.807) is 17.0 Å². The van der Waals surface area contributed by atoms with Gasteiger partial charge in [-0.1, -0.05) is 18.2 Å². The molecular formula is C27H26N2O5S. The molecule has 0 aromatic heterocycles. The number of amidine groups is 1. The average Bonchev–Trinajstić information content (AvgIpc) is 3.14. The van der Waals surface area contributed by atoms with Crippen molar-refractivity contribution in [3.8, 4) is 11.5 Å². The van der Waals surface area contributed by atoms with Crippen molar-refractivity contribution >= 4 is 51.3 Å². The number of aromatic carboxylic acids is 1. The Morgan fingerprint density at radius 3 is 2.54 bits per heavy atom. The number of carboxylic acid groups (broad SMARTS) is 1. The normalized spacial score (nSPS) is 15.9. The molecule has 7 nitrogen and oxygen atoms in total. The SMILES string of the molecule is CCOc1ccc2ccc(OCC)c(/C=C3\SC(=Nc4cccc(C(=O)O)c4)N(CC)C3=O)c2c1. The first-order valence-corrected chi connectivity index (χ1v) is 12.2. The number of fused-ring (bicyclic) bond motifs is 1. The highest BCUT2D eigenvalue weighted by Crippen LogP contribution is 2.38. The number of benzene rings is 3. The number of likely N-dealkylation sites (N-methyl/N-ethyl adjacent to an activating group) is 1. The monoisotopic (exact) mass is 490 g/mol. The van der Waals surface area contributed by atoms with Gasteiger partial charge in [0.15, 0.2) is 5.17 Å². The lowest BCUT2D eigenvalue weighted by molar-refractivity contribution is -0.122. The Kier molecular flexibility index (Phi) is 7.41. The third-order valence-corrected chi connectivity index (χ3v) is 6.41. The molecule has 1 N–H and O–H groups in total. The van der Waals surface area contributed by atoms with E-state index in [-0.39, 0.29) is 11.5 Å². The van der Waals surface area contributed by atoms with Gasteiger partial charge in [-0.25, -0.2) is 9.79 Å². The third-order valence-electron chi connectivity index (χ3n) is 5.40. The lowest BCUT2D eigenvalue weighted by atomic mass is 10.0. The van der Waals surface area contributed by atoms with Crippen LogP contribution < -0.4 is 9.47 Å². The van der Waals surface area contributed by atoms with Crippen LogP contribution in [0.5, 0.6) is 11.5 Å². The Hall–Kier alpha value is -3.78. The molecule has 180 valence electrons. The topological polar surface area (TPSA) is 88.4 Å². The number of rotatable bonds is 8. The molecule has 4 rings (SSSR count). The van der Waals surface area contributed by atoms with Crippen molar-refractivity contribution in [2.75, 3.05) is 19.8 Å². The predicted molar refractivity (Wildman–Crippen MR) is 140 cm³/mol. The summed E-state index contributed by atoms with van der Waals surface area (Å²) in [6.45, 7) is 7.20. The Morgan fingerprint density at radius 2 is 1.83 bits per heavy atom. The van der Waals surface area contributed by atoms with Crippen LogP contribution in [0.25, 0.3) is 16.8 Å². The van der Waals surface area contributed by atoms with Crippen LogP contribution in [0.15, 0.2) is 64.5 Å². The zero-order valence-electron chi connectivity index (χ0n) is 19.8. The van der Waals surface area contributed by atoms with E-state index in [1.807, 2.05) is 57.2 Å². The van der Waals surface area contributed by atoms with Crippen molar-refractivity contribution in [2.45, 2.75) is 20.8 Å². The number of amides is 1. The highest BCUT2D eigenvalue weighted by atomic mass is 32.2. The fourth-order valence-electron chi connectivity index (χ4n) is 3.81. The Balaban J connectivity index is 1.80. The zero-order valence-corrected chi connectivity index (χ0v) is 20.6. The first kappa shape index (κ1) is 24.3. The minimum absolute atomic E-state index is 0.141. The van der Waals surface area contributed by atoms with Gasteiger partial charge in [0.25, 0.3) is 5.91 Å². The van der Waals surface area contributed by atoms with E-state index in [9.17, 15) is 14.7 Å². The van der Waals surface area contributed by atoms with Crippen LogP contribution in [0.4, 0.5) is 5.69 Å². The molecule has 0 unspecified atom stereocenters. The van der Waals surface area contributed by atoms with Gasteiger partial charge >= 0.3 is 5.97 Å². The lowest BCUT2D eigenvalue weighted by Crippen LogP contribution is -2.28. The fraction of sp³-hybridized carbons (Fsp3) is 0.222. The summed E-state index contributed by atoms with van der Waals surface area (Å²) in [5, 5.41) is 11.7. The number of aliphatic imine (C=N–C) groups is 1. The molecule has 0 saturated carbocycles. The molecule has 1 aliphatic rings. The molecule has 35 heavy (non-hydrogen) atoms. The van der Waals surface area contributed by atoms with E-state index in [2.05, 4.69) is 4.99 Å². The van der Waals surface area contributed by atoms with Crippen LogP contribution in [0.3, 0.4) is 0 Å². The van der Waals surface area contributed by atoms with Gasteiger partial charge in [-0.3, -0.25) is 9.69 Å². The maximum absolute atomic E-state index is 13.3. The Bertz CT molecular complexity index is 1340. The van der Waals surface area contributed by atoms with Crippen molar-refractivity contribution in [1.29, 1.82) is 0 Å². The van der Waals surface area contributed by atoms with Crippen LogP contribution in [-0.2, 0) is 4.79 Å². The first-order valence-electron chi connectivity index (χ1n) is 11.4. The molecule has 1 saturated heterocycles. The number of thioether (sulfide) groups is 1. The zero-order chi connectivity index (χ0) is 24.9. The van der Waals surface area contributed by atoms with Gasteiger partial charge < -0.3 is 14.6 Å². The molecule has 0 spiro atoms. The molecule has 8 heteroatoms.